The fourth-order valence-corrected chi connectivity index (χ4v) is 3.87. The van der Waals surface area contributed by atoms with Crippen molar-refractivity contribution in [2.75, 3.05) is 7.05 Å². The topological polar surface area (TPSA) is 42.2 Å². The van der Waals surface area contributed by atoms with Gasteiger partial charge in [0.05, 0.1) is 5.56 Å². The third-order valence-corrected chi connectivity index (χ3v) is 4.57. The average molecular weight is 281 g/mol. The summed E-state index contributed by atoms with van der Waals surface area (Å²) in [5.41, 5.74) is 0.791. The maximum Gasteiger partial charge on any atom is 0.254 e. The van der Waals surface area contributed by atoms with Gasteiger partial charge in [-0.1, -0.05) is 24.0 Å². The number of nitrogens with zero attached hydrogens (tertiary/aromatic N) is 3. The second-order valence-corrected chi connectivity index (χ2v) is 7.02. The number of hydrogen-bond donors (Lipinski definition) is 0. The third kappa shape index (κ3) is 2.49. The van der Waals surface area contributed by atoms with E-state index in [-0.39, 0.29) is 10.9 Å². The maximum atomic E-state index is 12.3. The molecule has 1 aromatic rings. The fourth-order valence-electron chi connectivity index (χ4n) is 2.06. The lowest BCUT2D eigenvalue weighted by molar-refractivity contribution is -0.522. The van der Waals surface area contributed by atoms with Crippen LogP contribution in [0.4, 0.5) is 0 Å². The summed E-state index contributed by atoms with van der Waals surface area (Å²) in [6.07, 6.45) is 4.61. The highest BCUT2D eigenvalue weighted by Crippen LogP contribution is 2.40. The molecule has 1 aliphatic heterocycles. The summed E-state index contributed by atoms with van der Waals surface area (Å²) < 4.78 is 1.49. The van der Waals surface area contributed by atoms with Crippen molar-refractivity contribution in [2.45, 2.75) is 24.8 Å². The van der Waals surface area contributed by atoms with Gasteiger partial charge in [0.25, 0.3) is 6.17 Å². The standard InChI is InChI=1S/C12H15N3OS2/c1-12(2)10(14(3)11(17)18-12)15(16)8-9-5-4-6-13-7-9/h4-8,10H,1-3H3/b15-8-/t10-/m0/s1. The summed E-state index contributed by atoms with van der Waals surface area (Å²) >= 11 is 6.81. The number of hydroxylamine groups is 1. The first kappa shape index (κ1) is 13.3. The Morgan fingerprint density at radius 3 is 2.83 bits per heavy atom. The van der Waals surface area contributed by atoms with Gasteiger partial charge in [0.15, 0.2) is 6.21 Å². The molecule has 1 aliphatic rings. The van der Waals surface area contributed by atoms with Gasteiger partial charge in [-0.3, -0.25) is 4.98 Å². The SMILES string of the molecule is CN1C(=S)SC(C)(C)[C@@H]1/[N+]([O-])=C/c1cccnc1. The monoisotopic (exact) mass is 281 g/mol. The van der Waals surface area contributed by atoms with Gasteiger partial charge < -0.3 is 10.1 Å². The molecule has 96 valence electrons. The first-order valence-corrected chi connectivity index (χ1v) is 6.80. The Kier molecular flexibility index (Phi) is 3.59. The third-order valence-electron chi connectivity index (χ3n) is 2.83. The van der Waals surface area contributed by atoms with Crippen molar-refractivity contribution >= 4 is 34.5 Å². The van der Waals surface area contributed by atoms with Crippen LogP contribution in [0, 0.1) is 5.21 Å². The maximum absolute atomic E-state index is 12.3. The molecule has 0 radical (unpaired) electrons. The zero-order chi connectivity index (χ0) is 13.3. The summed E-state index contributed by atoms with van der Waals surface area (Å²) in [5.74, 6) is 0. The van der Waals surface area contributed by atoms with Gasteiger partial charge >= 0.3 is 0 Å². The molecule has 1 saturated heterocycles. The second kappa shape index (κ2) is 4.85. The highest BCUT2D eigenvalue weighted by atomic mass is 32.2. The van der Waals surface area contributed by atoms with Gasteiger partial charge in [0.2, 0.25) is 0 Å². The molecule has 0 unspecified atom stereocenters. The van der Waals surface area contributed by atoms with E-state index in [2.05, 4.69) is 4.98 Å². The van der Waals surface area contributed by atoms with Crippen LogP contribution in [-0.4, -0.2) is 43.1 Å². The Labute approximate surface area is 116 Å². The molecular formula is C12H15N3OS2. The summed E-state index contributed by atoms with van der Waals surface area (Å²) in [4.78, 5) is 5.84. The van der Waals surface area contributed by atoms with Crippen LogP contribution >= 0.6 is 24.0 Å². The molecule has 2 rings (SSSR count). The number of pyridine rings is 1. The molecule has 0 N–H and O–H groups in total. The minimum Gasteiger partial charge on any atom is -0.622 e. The van der Waals surface area contributed by atoms with E-state index in [1.54, 1.807) is 30.4 Å². The van der Waals surface area contributed by atoms with Crippen LogP contribution < -0.4 is 0 Å². The smallest absolute Gasteiger partial charge is 0.254 e. The van der Waals surface area contributed by atoms with Gasteiger partial charge in [-0.2, -0.15) is 4.74 Å². The summed E-state index contributed by atoms with van der Waals surface area (Å²) in [6.45, 7) is 4.06. The molecule has 0 aromatic carbocycles. The van der Waals surface area contributed by atoms with Crippen molar-refractivity contribution in [1.82, 2.24) is 9.88 Å². The van der Waals surface area contributed by atoms with E-state index in [0.29, 0.717) is 0 Å². The molecule has 1 aromatic heterocycles. The van der Waals surface area contributed by atoms with Crippen molar-refractivity contribution in [3.05, 3.63) is 35.3 Å². The minimum atomic E-state index is -0.296. The molecular weight excluding hydrogens is 266 g/mol. The summed E-state index contributed by atoms with van der Waals surface area (Å²) in [5, 5.41) is 12.3. The van der Waals surface area contributed by atoms with Crippen LogP contribution in [0.2, 0.25) is 0 Å². The number of thioether (sulfide) groups is 1. The van der Waals surface area contributed by atoms with Crippen LogP contribution in [0.3, 0.4) is 0 Å². The lowest BCUT2D eigenvalue weighted by Crippen LogP contribution is -2.46. The lowest BCUT2D eigenvalue weighted by Gasteiger charge is -2.27. The van der Waals surface area contributed by atoms with Crippen LogP contribution in [0.5, 0.6) is 0 Å². The molecule has 1 fully saturated rings. The van der Waals surface area contributed by atoms with Gasteiger partial charge in [0.1, 0.15) is 9.07 Å². The molecule has 0 bridgehead atoms. The van der Waals surface area contributed by atoms with Gasteiger partial charge in [0, 0.05) is 19.4 Å². The van der Waals surface area contributed by atoms with Crippen molar-refractivity contribution in [3.8, 4) is 0 Å². The molecule has 6 heteroatoms. The van der Waals surface area contributed by atoms with Gasteiger partial charge in [-0.05, 0) is 26.0 Å². The Hall–Kier alpha value is -1.14. The van der Waals surface area contributed by atoms with E-state index in [4.69, 9.17) is 12.2 Å². The van der Waals surface area contributed by atoms with E-state index in [9.17, 15) is 5.21 Å². The molecule has 4 nitrogen and oxygen atoms in total. The minimum absolute atomic E-state index is 0.230. The fraction of sp³-hybridized carbons (Fsp3) is 0.417. The predicted molar refractivity (Wildman–Crippen MR) is 78.8 cm³/mol. The predicted octanol–water partition coefficient (Wildman–Crippen LogP) is 2.08. The van der Waals surface area contributed by atoms with Crippen LogP contribution in [0.1, 0.15) is 19.4 Å². The summed E-state index contributed by atoms with van der Waals surface area (Å²) in [7, 11) is 1.86. The molecule has 0 saturated carbocycles. The van der Waals surface area contributed by atoms with E-state index in [1.807, 2.05) is 37.9 Å². The van der Waals surface area contributed by atoms with E-state index < -0.39 is 0 Å². The number of rotatable bonds is 2. The van der Waals surface area contributed by atoms with E-state index in [1.165, 1.54) is 0 Å². The molecule has 0 spiro atoms. The molecule has 0 amide bonds. The Morgan fingerprint density at radius 2 is 2.33 bits per heavy atom. The van der Waals surface area contributed by atoms with E-state index in [0.717, 1.165) is 14.6 Å². The van der Waals surface area contributed by atoms with Crippen molar-refractivity contribution in [3.63, 3.8) is 0 Å². The summed E-state index contributed by atoms with van der Waals surface area (Å²) in [6, 6.07) is 3.66. The highest BCUT2D eigenvalue weighted by Gasteiger charge is 2.48. The van der Waals surface area contributed by atoms with Crippen molar-refractivity contribution in [1.29, 1.82) is 0 Å². The van der Waals surface area contributed by atoms with Gasteiger partial charge in [-0.25, -0.2) is 0 Å². The normalized spacial score (nSPS) is 23.5. The quantitative estimate of drug-likeness (QED) is 0.273. The number of thiocarbonyl (C=S) groups is 1. The highest BCUT2D eigenvalue weighted by molar-refractivity contribution is 8.24. The lowest BCUT2D eigenvalue weighted by atomic mass is 10.1. The first-order valence-electron chi connectivity index (χ1n) is 5.58. The molecule has 18 heavy (non-hydrogen) atoms. The first-order chi connectivity index (χ1) is 8.42. The zero-order valence-electron chi connectivity index (χ0n) is 10.5. The van der Waals surface area contributed by atoms with Gasteiger partial charge in [-0.15, -0.1) is 0 Å². The second-order valence-electron chi connectivity index (χ2n) is 4.73. The molecule has 2 heterocycles. The van der Waals surface area contributed by atoms with Crippen LogP contribution in [-0.2, 0) is 0 Å². The Balaban J connectivity index is 2.31. The van der Waals surface area contributed by atoms with Crippen molar-refractivity contribution < 1.29 is 4.74 Å². The van der Waals surface area contributed by atoms with E-state index >= 15 is 0 Å². The van der Waals surface area contributed by atoms with Crippen LogP contribution in [0.25, 0.3) is 0 Å². The zero-order valence-corrected chi connectivity index (χ0v) is 12.2. The van der Waals surface area contributed by atoms with Crippen LogP contribution in [0.15, 0.2) is 24.5 Å². The molecule has 1 atom stereocenters. The largest absolute Gasteiger partial charge is 0.622 e. The number of aromatic nitrogens is 1. The Morgan fingerprint density at radius 1 is 1.61 bits per heavy atom. The molecule has 0 aliphatic carbocycles. The Bertz CT molecular complexity index is 487. The average Bonchev–Trinajstić information content (AvgIpc) is 2.49. The van der Waals surface area contributed by atoms with Crippen molar-refractivity contribution in [2.24, 2.45) is 0 Å². The number of hydrogen-bond acceptors (Lipinski definition) is 4.